The standard InChI is InChI=1S/C54H65N3O9/c1-30(2)13-12-20-52(8)21-19-36-46(64-52)35(17-16-31(3)4)48-41(47(36)63-28-25-56-24-27-58)44-42-39(40-43(57(44)26-23-55)33-14-10-11-15-34(33)45(40)59)37-29-38-51(6,7)66-53(49(37)60,54(38,42)65-48)22-18-32(5)50(61)62-9/h10-11,13-16,18-19,21,37-39,56,58H,12,17,20,22-29,55H2,1-9H3. The molecule has 4 aliphatic carbocycles. The lowest BCUT2D eigenvalue weighted by Gasteiger charge is -2.63. The van der Waals surface area contributed by atoms with Crippen molar-refractivity contribution in [2.45, 2.75) is 110 Å². The van der Waals surface area contributed by atoms with Crippen molar-refractivity contribution in [1.82, 2.24) is 10.2 Å². The Kier molecular flexibility index (Phi) is 11.7. The SMILES string of the molecule is COC(=O)C(C)=CCC12OC(C)(C)C3CC(C1=O)C1C4=C(c5ccccc5C4=O)N(CCN)C4=C1C32Oc1c(CC=C(C)C)c2c(c(OCCNCCO)c14)C=CC(C)(CCC=C(C)C)O2. The van der Waals surface area contributed by atoms with Gasteiger partial charge in [0.05, 0.1) is 41.8 Å². The molecule has 350 valence electrons. The van der Waals surface area contributed by atoms with Gasteiger partial charge in [-0.15, -0.1) is 0 Å². The average molecular weight is 900 g/mol. The minimum atomic E-state index is -1.60. The summed E-state index contributed by atoms with van der Waals surface area (Å²) < 4.78 is 34.8. The van der Waals surface area contributed by atoms with Gasteiger partial charge in [0.2, 0.25) is 0 Å². The molecule has 4 aliphatic heterocycles. The molecule has 1 saturated heterocycles. The second-order valence-corrected chi connectivity index (χ2v) is 20.2. The van der Waals surface area contributed by atoms with Crippen molar-refractivity contribution in [3.8, 4) is 17.2 Å². The summed E-state index contributed by atoms with van der Waals surface area (Å²) in [5.74, 6) is -0.641. The monoisotopic (exact) mass is 899 g/mol. The topological polar surface area (TPSA) is 159 Å². The predicted octanol–water partition coefficient (Wildman–Crippen LogP) is 7.68. The maximum absolute atomic E-state index is 16.0. The Morgan fingerprint density at radius 3 is 2.42 bits per heavy atom. The summed E-state index contributed by atoms with van der Waals surface area (Å²) in [5, 5.41) is 12.9. The number of methoxy groups -OCH3 is 1. The highest BCUT2D eigenvalue weighted by Gasteiger charge is 2.84. The van der Waals surface area contributed by atoms with Gasteiger partial charge in [-0.1, -0.05) is 53.6 Å². The number of rotatable bonds is 16. The van der Waals surface area contributed by atoms with Crippen molar-refractivity contribution in [1.29, 1.82) is 0 Å². The Hall–Kier alpha value is -5.27. The van der Waals surface area contributed by atoms with Crippen molar-refractivity contribution in [2.24, 2.45) is 23.5 Å². The maximum atomic E-state index is 16.0. The number of ether oxygens (including phenoxy) is 5. The number of ketones is 2. The molecule has 2 aromatic carbocycles. The van der Waals surface area contributed by atoms with Gasteiger partial charge in [-0.2, -0.15) is 0 Å². The van der Waals surface area contributed by atoms with Crippen LogP contribution in [-0.4, -0.2) is 96.4 Å². The largest absolute Gasteiger partial charge is 0.491 e. The van der Waals surface area contributed by atoms with Crippen LogP contribution in [0.25, 0.3) is 17.5 Å². The van der Waals surface area contributed by atoms with Gasteiger partial charge < -0.3 is 44.7 Å². The molecule has 2 aromatic rings. The lowest BCUT2D eigenvalue weighted by Crippen LogP contribution is -2.75. The summed E-state index contributed by atoms with van der Waals surface area (Å²) in [5.41, 5.74) is 11.4. The molecule has 4 heterocycles. The molecular weight excluding hydrogens is 835 g/mol. The number of benzene rings is 2. The number of carbonyl (C=O) groups is 3. The minimum Gasteiger partial charge on any atom is -0.491 e. The number of nitrogens with zero attached hydrogens (tertiary/aromatic N) is 1. The fourth-order valence-corrected chi connectivity index (χ4v) is 12.2. The van der Waals surface area contributed by atoms with E-state index >= 15 is 9.59 Å². The highest BCUT2D eigenvalue weighted by molar-refractivity contribution is 6.23. The summed E-state index contributed by atoms with van der Waals surface area (Å²) in [6, 6.07) is 7.69. The Balaban J connectivity index is 1.40. The molecule has 12 heteroatoms. The summed E-state index contributed by atoms with van der Waals surface area (Å²) in [7, 11) is 1.34. The fraction of sp³-hybridized carbons (Fsp3) is 0.500. The summed E-state index contributed by atoms with van der Waals surface area (Å²) >= 11 is 0. The molecule has 0 radical (unpaired) electrons. The first-order valence-electron chi connectivity index (χ1n) is 23.6. The summed E-state index contributed by atoms with van der Waals surface area (Å²) in [6.07, 6.45) is 12.8. The normalized spacial score (nSPS) is 28.0. The van der Waals surface area contributed by atoms with E-state index in [4.69, 9.17) is 29.4 Å². The highest BCUT2D eigenvalue weighted by Crippen LogP contribution is 2.75. The molecule has 3 saturated carbocycles. The van der Waals surface area contributed by atoms with E-state index in [1.165, 1.54) is 12.7 Å². The third-order valence-electron chi connectivity index (χ3n) is 14.9. The van der Waals surface area contributed by atoms with Crippen LogP contribution in [0.4, 0.5) is 0 Å². The Morgan fingerprint density at radius 1 is 0.985 bits per heavy atom. The molecule has 4 N–H and O–H groups in total. The van der Waals surface area contributed by atoms with Crippen molar-refractivity contribution in [3.63, 3.8) is 0 Å². The van der Waals surface area contributed by atoms with Crippen molar-refractivity contribution in [3.05, 3.63) is 104 Å². The van der Waals surface area contributed by atoms with Crippen LogP contribution >= 0.6 is 0 Å². The Morgan fingerprint density at radius 2 is 1.73 bits per heavy atom. The van der Waals surface area contributed by atoms with Crippen LogP contribution in [0.5, 0.6) is 17.2 Å². The van der Waals surface area contributed by atoms with Crippen LogP contribution in [-0.2, 0) is 25.5 Å². The number of hydrogen-bond donors (Lipinski definition) is 3. The number of esters is 1. The van der Waals surface area contributed by atoms with Gasteiger partial charge >= 0.3 is 5.97 Å². The number of aliphatic hydroxyl groups excluding tert-OH is 1. The van der Waals surface area contributed by atoms with E-state index in [-0.39, 0.29) is 43.7 Å². The molecule has 1 spiro atoms. The van der Waals surface area contributed by atoms with Crippen LogP contribution in [0.15, 0.2) is 76.4 Å². The number of nitrogens with one attached hydrogen (secondary N) is 1. The van der Waals surface area contributed by atoms with E-state index in [9.17, 15) is 9.90 Å². The lowest BCUT2D eigenvalue weighted by molar-refractivity contribution is -0.181. The highest BCUT2D eigenvalue weighted by atomic mass is 16.6. The lowest BCUT2D eigenvalue weighted by atomic mass is 9.44. The molecule has 0 aromatic heterocycles. The summed E-state index contributed by atoms with van der Waals surface area (Å²) in [4.78, 5) is 46.3. The van der Waals surface area contributed by atoms with Gasteiger partial charge in [0.1, 0.15) is 29.5 Å². The van der Waals surface area contributed by atoms with Crippen LogP contribution in [0.2, 0.25) is 0 Å². The van der Waals surface area contributed by atoms with E-state index in [2.05, 4.69) is 69.1 Å². The van der Waals surface area contributed by atoms with Crippen LogP contribution < -0.4 is 25.3 Å². The second-order valence-electron chi connectivity index (χ2n) is 20.2. The Labute approximate surface area is 388 Å². The van der Waals surface area contributed by atoms with E-state index < -0.39 is 40.2 Å². The molecule has 4 fully saturated rings. The first kappa shape index (κ1) is 45.9. The molecule has 6 atom stereocenters. The van der Waals surface area contributed by atoms with Crippen molar-refractivity contribution in [2.75, 3.05) is 46.5 Å². The molecule has 66 heavy (non-hydrogen) atoms. The maximum Gasteiger partial charge on any atom is 0.333 e. The number of fused-ring (bicyclic) bond motifs is 5. The number of Topliss-reactive ketones (excluding diaryl/α,β-unsaturated/α-hetero) is 2. The first-order chi connectivity index (χ1) is 31.5. The number of hydrogen-bond acceptors (Lipinski definition) is 12. The van der Waals surface area contributed by atoms with Gasteiger partial charge in [-0.25, -0.2) is 4.79 Å². The molecule has 0 amide bonds. The molecular formula is C54H65N3O9. The molecule has 10 rings (SSSR count). The summed E-state index contributed by atoms with van der Waals surface area (Å²) in [6.45, 7) is 17.9. The van der Waals surface area contributed by atoms with Gasteiger partial charge in [-0.3, -0.25) is 9.59 Å². The van der Waals surface area contributed by atoms with Crippen molar-refractivity contribution < 1.29 is 43.2 Å². The van der Waals surface area contributed by atoms with Gasteiger partial charge in [0.15, 0.2) is 22.8 Å². The number of allylic oxidation sites excluding steroid dienone is 5. The van der Waals surface area contributed by atoms with Crippen LogP contribution in [0.1, 0.15) is 114 Å². The van der Waals surface area contributed by atoms with Crippen molar-refractivity contribution >= 4 is 35.0 Å². The van der Waals surface area contributed by atoms with E-state index in [1.807, 2.05) is 38.1 Å². The van der Waals surface area contributed by atoms with Crippen LogP contribution in [0, 0.1) is 17.8 Å². The molecule has 4 bridgehead atoms. The Bertz CT molecular complexity index is 2610. The van der Waals surface area contributed by atoms with E-state index in [1.54, 1.807) is 13.0 Å². The van der Waals surface area contributed by atoms with Gasteiger partial charge in [-0.05, 0) is 93.2 Å². The first-order valence-corrected chi connectivity index (χ1v) is 23.6. The quantitative estimate of drug-likeness (QED) is 0.0654. The smallest absolute Gasteiger partial charge is 0.333 e. The fourth-order valence-electron chi connectivity index (χ4n) is 12.2. The second kappa shape index (κ2) is 16.8. The zero-order valence-electron chi connectivity index (χ0n) is 39.9. The molecule has 8 aliphatic rings. The average Bonchev–Trinajstić information content (AvgIpc) is 3.65. The number of carbonyl (C=O) groups excluding carboxylic acids is 3. The third kappa shape index (κ3) is 6.71. The predicted molar refractivity (Wildman–Crippen MR) is 254 cm³/mol. The number of nitrogens with two attached hydrogens (primary N) is 1. The van der Waals surface area contributed by atoms with Gasteiger partial charge in [0, 0.05) is 83.8 Å². The zero-order chi connectivity index (χ0) is 47.1. The number of aliphatic hydroxyl groups is 1. The van der Waals surface area contributed by atoms with E-state index in [0.29, 0.717) is 72.0 Å². The zero-order valence-corrected chi connectivity index (χ0v) is 39.9. The van der Waals surface area contributed by atoms with Crippen LogP contribution in [0.3, 0.4) is 0 Å². The minimum absolute atomic E-state index is 0.0133. The third-order valence-corrected chi connectivity index (χ3v) is 14.9. The van der Waals surface area contributed by atoms with Gasteiger partial charge in [0.25, 0.3) is 0 Å². The molecule has 12 nitrogen and oxygen atoms in total. The molecule has 6 unspecified atom stereocenters. The van der Waals surface area contributed by atoms with E-state index in [0.717, 1.165) is 52.1 Å².